The zero-order valence-corrected chi connectivity index (χ0v) is 14.9. The number of rotatable bonds is 3. The van der Waals surface area contributed by atoms with Crippen molar-refractivity contribution in [2.24, 2.45) is 11.8 Å². The van der Waals surface area contributed by atoms with Crippen molar-refractivity contribution in [1.29, 1.82) is 0 Å². The summed E-state index contributed by atoms with van der Waals surface area (Å²) in [5.41, 5.74) is 2.33. The number of carbonyl (C=O) groups is 2. The molecule has 2 saturated heterocycles. The summed E-state index contributed by atoms with van der Waals surface area (Å²) in [7, 11) is 0. The highest BCUT2D eigenvalue weighted by Crippen LogP contribution is 2.40. The second-order valence-electron chi connectivity index (χ2n) is 7.33. The van der Waals surface area contributed by atoms with E-state index in [1.165, 1.54) is 0 Å². The molecule has 2 aromatic rings. The molecular formula is C19H22N4O3. The van der Waals surface area contributed by atoms with Crippen LogP contribution in [0.25, 0.3) is 5.82 Å². The third-order valence-electron chi connectivity index (χ3n) is 5.80. The van der Waals surface area contributed by atoms with Crippen molar-refractivity contribution in [3.8, 4) is 5.82 Å². The topological polar surface area (TPSA) is 88.3 Å². The molecule has 3 fully saturated rings. The van der Waals surface area contributed by atoms with Crippen LogP contribution in [-0.2, 0) is 4.79 Å². The highest BCUT2D eigenvalue weighted by molar-refractivity contribution is 5.96. The first kappa shape index (κ1) is 16.8. The molecule has 2 aliphatic heterocycles. The summed E-state index contributed by atoms with van der Waals surface area (Å²) in [5, 5.41) is 9.52. The van der Waals surface area contributed by atoms with E-state index in [-0.39, 0.29) is 17.9 Å². The Kier molecular flexibility index (Phi) is 4.01. The molecule has 4 heterocycles. The molecule has 0 aromatic carbocycles. The van der Waals surface area contributed by atoms with Gasteiger partial charge in [0.25, 0.3) is 5.91 Å². The number of piperidine rings is 2. The first-order valence-corrected chi connectivity index (χ1v) is 8.96. The summed E-state index contributed by atoms with van der Waals surface area (Å²) in [5.74, 6) is -0.357. The van der Waals surface area contributed by atoms with E-state index >= 15 is 0 Å². The summed E-state index contributed by atoms with van der Waals surface area (Å²) in [4.78, 5) is 35.1. The van der Waals surface area contributed by atoms with Crippen molar-refractivity contribution >= 4 is 11.9 Å². The Morgan fingerprint density at radius 3 is 2.69 bits per heavy atom. The van der Waals surface area contributed by atoms with Gasteiger partial charge in [0.05, 0.1) is 17.7 Å². The molecule has 5 rings (SSSR count). The van der Waals surface area contributed by atoms with E-state index in [0.717, 1.165) is 24.2 Å². The maximum atomic E-state index is 13.3. The van der Waals surface area contributed by atoms with Crippen LogP contribution in [0.1, 0.15) is 41.0 Å². The lowest BCUT2D eigenvalue weighted by molar-refractivity contribution is -0.148. The molecule has 0 unspecified atom stereocenters. The quantitative estimate of drug-likeness (QED) is 0.913. The van der Waals surface area contributed by atoms with Gasteiger partial charge in [0.2, 0.25) is 0 Å². The van der Waals surface area contributed by atoms with Crippen LogP contribution in [0.15, 0.2) is 24.7 Å². The average molecular weight is 354 g/mol. The number of aromatic nitrogens is 3. The number of hydrogen-bond acceptors (Lipinski definition) is 4. The SMILES string of the molecule is Cc1cc(C(=O)N2C[C@@H]3CC[C@H]2[C@H](C(=O)O)C3)c(C)n1-c1cnccn1. The fourth-order valence-electron chi connectivity index (χ4n) is 4.59. The number of carboxylic acid groups (broad SMARTS) is 1. The predicted molar refractivity (Wildman–Crippen MR) is 94.1 cm³/mol. The molecule has 26 heavy (non-hydrogen) atoms. The number of aryl methyl sites for hydroxylation is 1. The molecule has 3 atom stereocenters. The Labute approximate surface area is 151 Å². The van der Waals surface area contributed by atoms with Gasteiger partial charge in [0, 0.05) is 36.4 Å². The Balaban J connectivity index is 1.68. The summed E-state index contributed by atoms with van der Waals surface area (Å²) in [6.07, 6.45) is 7.37. The van der Waals surface area contributed by atoms with E-state index in [4.69, 9.17) is 0 Å². The van der Waals surface area contributed by atoms with Gasteiger partial charge in [-0.05, 0) is 45.1 Å². The van der Waals surface area contributed by atoms with E-state index in [2.05, 4.69) is 9.97 Å². The maximum absolute atomic E-state index is 13.3. The predicted octanol–water partition coefficient (Wildman–Crippen LogP) is 2.21. The third-order valence-corrected chi connectivity index (χ3v) is 5.80. The molecule has 1 aliphatic carbocycles. The molecule has 2 aromatic heterocycles. The van der Waals surface area contributed by atoms with Crippen LogP contribution >= 0.6 is 0 Å². The lowest BCUT2D eigenvalue weighted by atomic mass is 9.72. The van der Waals surface area contributed by atoms with Gasteiger partial charge in [-0.3, -0.25) is 14.6 Å². The molecule has 1 amide bonds. The minimum Gasteiger partial charge on any atom is -0.481 e. The number of fused-ring (bicyclic) bond motifs is 3. The Morgan fingerprint density at radius 2 is 2.04 bits per heavy atom. The van der Waals surface area contributed by atoms with Gasteiger partial charge >= 0.3 is 5.97 Å². The molecule has 7 heteroatoms. The molecule has 2 bridgehead atoms. The Hall–Kier alpha value is -2.70. The Bertz CT molecular complexity index is 861. The van der Waals surface area contributed by atoms with Crippen molar-refractivity contribution in [2.75, 3.05) is 6.54 Å². The maximum Gasteiger partial charge on any atom is 0.308 e. The Morgan fingerprint density at radius 1 is 1.23 bits per heavy atom. The number of aliphatic carboxylic acids is 1. The lowest BCUT2D eigenvalue weighted by Gasteiger charge is -2.48. The smallest absolute Gasteiger partial charge is 0.308 e. The molecular weight excluding hydrogens is 332 g/mol. The van der Waals surface area contributed by atoms with Crippen molar-refractivity contribution in [1.82, 2.24) is 19.4 Å². The van der Waals surface area contributed by atoms with Gasteiger partial charge in [-0.2, -0.15) is 0 Å². The largest absolute Gasteiger partial charge is 0.481 e. The van der Waals surface area contributed by atoms with Gasteiger partial charge in [-0.1, -0.05) is 0 Å². The first-order chi connectivity index (χ1) is 12.5. The fourth-order valence-corrected chi connectivity index (χ4v) is 4.59. The highest BCUT2D eigenvalue weighted by Gasteiger charge is 2.46. The van der Waals surface area contributed by atoms with Crippen molar-refractivity contribution in [3.63, 3.8) is 0 Å². The number of carboxylic acids is 1. The molecule has 7 nitrogen and oxygen atoms in total. The van der Waals surface area contributed by atoms with E-state index in [1.807, 2.05) is 24.5 Å². The number of nitrogens with zero attached hydrogens (tertiary/aromatic N) is 4. The zero-order chi connectivity index (χ0) is 18.4. The third kappa shape index (κ3) is 2.58. The summed E-state index contributed by atoms with van der Waals surface area (Å²) in [6, 6.07) is 1.66. The zero-order valence-electron chi connectivity index (χ0n) is 14.9. The van der Waals surface area contributed by atoms with Crippen LogP contribution in [0.3, 0.4) is 0 Å². The average Bonchev–Trinajstić information content (AvgIpc) is 2.96. The van der Waals surface area contributed by atoms with Crippen LogP contribution in [0.4, 0.5) is 0 Å². The van der Waals surface area contributed by atoms with Crippen molar-refractivity contribution in [2.45, 2.75) is 39.2 Å². The minimum atomic E-state index is -0.790. The lowest BCUT2D eigenvalue weighted by Crippen LogP contribution is -2.57. The molecule has 1 N–H and O–H groups in total. The normalized spacial score (nSPS) is 24.7. The van der Waals surface area contributed by atoms with E-state index in [9.17, 15) is 14.7 Å². The van der Waals surface area contributed by atoms with Crippen molar-refractivity contribution in [3.05, 3.63) is 41.6 Å². The second-order valence-corrected chi connectivity index (χ2v) is 7.33. The number of amides is 1. The monoisotopic (exact) mass is 354 g/mol. The van der Waals surface area contributed by atoms with Gasteiger partial charge < -0.3 is 14.6 Å². The molecule has 3 aliphatic rings. The van der Waals surface area contributed by atoms with Crippen LogP contribution in [0.2, 0.25) is 0 Å². The van der Waals surface area contributed by atoms with Gasteiger partial charge in [-0.15, -0.1) is 0 Å². The molecule has 1 saturated carbocycles. The van der Waals surface area contributed by atoms with Crippen LogP contribution in [0.5, 0.6) is 0 Å². The van der Waals surface area contributed by atoms with Crippen LogP contribution in [0, 0.1) is 25.7 Å². The van der Waals surface area contributed by atoms with Gasteiger partial charge in [-0.25, -0.2) is 4.98 Å². The standard InChI is InChI=1S/C19H22N4O3/c1-11-7-14(12(2)23(11)17-9-20-5-6-21-17)18(24)22-10-13-3-4-16(22)15(8-13)19(25)26/h5-7,9,13,15-16H,3-4,8,10H2,1-2H3,(H,25,26)/t13-,15-,16+/m1/s1. The van der Waals surface area contributed by atoms with Crippen molar-refractivity contribution < 1.29 is 14.7 Å². The van der Waals surface area contributed by atoms with E-state index < -0.39 is 11.9 Å². The van der Waals surface area contributed by atoms with Crippen LogP contribution in [-0.4, -0.2) is 49.0 Å². The highest BCUT2D eigenvalue weighted by atomic mass is 16.4. The molecule has 0 spiro atoms. The van der Waals surface area contributed by atoms with Crippen LogP contribution < -0.4 is 0 Å². The first-order valence-electron chi connectivity index (χ1n) is 8.96. The summed E-state index contributed by atoms with van der Waals surface area (Å²) in [6.45, 7) is 4.48. The van der Waals surface area contributed by atoms with Gasteiger partial charge in [0.1, 0.15) is 0 Å². The number of carbonyl (C=O) groups excluding carboxylic acids is 1. The second kappa shape index (κ2) is 6.23. The summed E-state index contributed by atoms with van der Waals surface area (Å²) >= 11 is 0. The molecule has 136 valence electrons. The van der Waals surface area contributed by atoms with E-state index in [1.54, 1.807) is 23.5 Å². The minimum absolute atomic E-state index is 0.0751. The van der Waals surface area contributed by atoms with Gasteiger partial charge in [0.15, 0.2) is 5.82 Å². The molecule has 0 radical (unpaired) electrons. The van der Waals surface area contributed by atoms with E-state index in [0.29, 0.717) is 24.3 Å². The fraction of sp³-hybridized carbons (Fsp3) is 0.474. The number of hydrogen-bond donors (Lipinski definition) is 1. The summed E-state index contributed by atoms with van der Waals surface area (Å²) < 4.78 is 1.91.